The van der Waals surface area contributed by atoms with Crippen LogP contribution in [0.3, 0.4) is 0 Å². The topological polar surface area (TPSA) is 85.7 Å². The number of thioether (sulfide) groups is 1. The van der Waals surface area contributed by atoms with Gasteiger partial charge in [0.25, 0.3) is 0 Å². The lowest BCUT2D eigenvalue weighted by molar-refractivity contribution is -0.122. The van der Waals surface area contributed by atoms with E-state index >= 15 is 0 Å². The molecule has 10 heteroatoms. The number of halogens is 1. The monoisotopic (exact) mass is 618 g/mol. The van der Waals surface area contributed by atoms with E-state index in [0.717, 1.165) is 34.4 Å². The number of aromatic nitrogens is 2. The van der Waals surface area contributed by atoms with Crippen LogP contribution in [0.4, 0.5) is 5.82 Å². The normalized spacial score (nSPS) is 14.7. The van der Waals surface area contributed by atoms with Crippen molar-refractivity contribution in [3.05, 3.63) is 87.9 Å². The number of fused-ring (bicyclic) bond motifs is 1. The molecule has 5 rings (SSSR count). The highest BCUT2D eigenvalue weighted by Crippen LogP contribution is 2.52. The first-order valence-corrected chi connectivity index (χ1v) is 15.6. The Kier molecular flexibility index (Phi) is 9.32. The van der Waals surface area contributed by atoms with Crippen LogP contribution in [-0.2, 0) is 9.59 Å². The van der Waals surface area contributed by atoms with Gasteiger partial charge in [-0.05, 0) is 55.7 Å². The minimum atomic E-state index is -0.388. The van der Waals surface area contributed by atoms with Crippen LogP contribution in [0.1, 0.15) is 40.8 Å². The molecule has 1 aliphatic heterocycles. The largest absolute Gasteiger partial charge is 0.496 e. The van der Waals surface area contributed by atoms with E-state index in [1.165, 1.54) is 11.8 Å². The van der Waals surface area contributed by atoms with Crippen molar-refractivity contribution in [2.75, 3.05) is 38.0 Å². The highest BCUT2D eigenvalue weighted by atomic mass is 35.5. The second-order valence-electron chi connectivity index (χ2n) is 10.4. The summed E-state index contributed by atoms with van der Waals surface area (Å²) >= 11 is 8.28. The summed E-state index contributed by atoms with van der Waals surface area (Å²) in [6.07, 6.45) is 0.785. The lowest BCUT2D eigenvalue weighted by Crippen LogP contribution is -2.42. The Balaban J connectivity index is 1.90. The number of methoxy groups -OCH3 is 2. The summed E-state index contributed by atoms with van der Waals surface area (Å²) in [7, 11) is 3.21. The fourth-order valence-corrected chi connectivity index (χ4v) is 6.94. The highest BCUT2D eigenvalue weighted by molar-refractivity contribution is 8.00. The molecular formula is C33H35ClN4O4S. The van der Waals surface area contributed by atoms with Crippen LogP contribution in [0.2, 0.25) is 5.02 Å². The lowest BCUT2D eigenvalue weighted by atomic mass is 9.98. The van der Waals surface area contributed by atoms with Gasteiger partial charge in [-0.15, -0.1) is 11.8 Å². The van der Waals surface area contributed by atoms with E-state index in [2.05, 4.69) is 11.4 Å². The maximum absolute atomic E-state index is 14.0. The van der Waals surface area contributed by atoms with Crippen LogP contribution in [0.15, 0.2) is 60.7 Å². The Morgan fingerprint density at radius 1 is 1.07 bits per heavy atom. The van der Waals surface area contributed by atoms with Crippen LogP contribution in [0.5, 0.6) is 11.5 Å². The number of benzene rings is 3. The molecule has 0 fully saturated rings. The van der Waals surface area contributed by atoms with Gasteiger partial charge in [-0.3, -0.25) is 14.5 Å². The number of amides is 2. The van der Waals surface area contributed by atoms with Crippen molar-refractivity contribution < 1.29 is 19.1 Å². The average molecular weight is 619 g/mol. The number of rotatable bonds is 9. The number of carbonyl (C=O) groups is 2. The van der Waals surface area contributed by atoms with Gasteiger partial charge in [0.2, 0.25) is 11.8 Å². The molecule has 43 heavy (non-hydrogen) atoms. The van der Waals surface area contributed by atoms with E-state index in [9.17, 15) is 9.59 Å². The third kappa shape index (κ3) is 5.96. The molecule has 0 saturated carbocycles. The number of nitrogens with one attached hydrogen (secondary N) is 1. The first kappa shape index (κ1) is 30.5. The molecule has 0 bridgehead atoms. The third-order valence-corrected chi connectivity index (χ3v) is 8.98. The number of ether oxygens (including phenoxy) is 2. The standard InChI is InChI=1S/C33H35ClN4O4S/c1-6-16-35-27(39)18-37-28(40)19-43-32(22-10-7-8-11-23(22)34)30-31(29-25(41-4)12-9-13-26(29)42-5)36-38(33(30)37)24-15-14-20(2)17-21(24)3/h7-15,17,32H,6,16,18-19H2,1-5H3,(H,35,39). The molecule has 0 spiro atoms. The minimum Gasteiger partial charge on any atom is -0.496 e. The number of aryl methyl sites for hydroxylation is 2. The fraction of sp³-hybridized carbons (Fsp3) is 0.303. The second kappa shape index (κ2) is 13.1. The Morgan fingerprint density at radius 2 is 1.79 bits per heavy atom. The van der Waals surface area contributed by atoms with Crippen molar-refractivity contribution in [2.45, 2.75) is 32.4 Å². The number of nitrogens with zero attached hydrogens (tertiary/aromatic N) is 3. The van der Waals surface area contributed by atoms with Gasteiger partial charge in [-0.2, -0.15) is 5.10 Å². The summed E-state index contributed by atoms with van der Waals surface area (Å²) in [5, 5.41) is 8.33. The molecule has 3 aromatic carbocycles. The van der Waals surface area contributed by atoms with Crippen LogP contribution in [0.25, 0.3) is 16.9 Å². The summed E-state index contributed by atoms with van der Waals surface area (Å²) in [6.45, 7) is 6.40. The molecule has 8 nitrogen and oxygen atoms in total. The predicted octanol–water partition coefficient (Wildman–Crippen LogP) is 6.52. The second-order valence-corrected chi connectivity index (χ2v) is 11.9. The number of hydrogen-bond acceptors (Lipinski definition) is 6. The van der Waals surface area contributed by atoms with Crippen molar-refractivity contribution in [3.8, 4) is 28.4 Å². The average Bonchev–Trinajstić information content (AvgIpc) is 3.31. The van der Waals surface area contributed by atoms with Crippen LogP contribution < -0.4 is 19.7 Å². The summed E-state index contributed by atoms with van der Waals surface area (Å²) in [4.78, 5) is 28.7. The maximum Gasteiger partial charge on any atom is 0.240 e. The molecule has 1 aromatic heterocycles. The first-order valence-electron chi connectivity index (χ1n) is 14.1. The zero-order chi connectivity index (χ0) is 30.7. The molecule has 1 aliphatic rings. The van der Waals surface area contributed by atoms with Gasteiger partial charge in [-0.1, -0.05) is 60.5 Å². The maximum atomic E-state index is 14.0. The SMILES string of the molecule is CCCNC(=O)CN1C(=O)CSC(c2ccccc2Cl)c2c(-c3c(OC)cccc3OC)nn(-c3ccc(C)cc3C)c21. The molecular weight excluding hydrogens is 584 g/mol. The zero-order valence-electron chi connectivity index (χ0n) is 24.9. The van der Waals surface area contributed by atoms with Crippen LogP contribution >= 0.6 is 23.4 Å². The first-order chi connectivity index (χ1) is 20.8. The summed E-state index contributed by atoms with van der Waals surface area (Å²) < 4.78 is 13.5. The molecule has 4 aromatic rings. The Bertz CT molecular complexity index is 1650. The van der Waals surface area contributed by atoms with Crippen molar-refractivity contribution >= 4 is 41.0 Å². The number of hydrogen-bond donors (Lipinski definition) is 1. The molecule has 2 heterocycles. The van der Waals surface area contributed by atoms with E-state index in [1.807, 2.05) is 75.4 Å². The Labute approximate surface area is 261 Å². The van der Waals surface area contributed by atoms with Gasteiger partial charge in [0.05, 0.1) is 36.5 Å². The van der Waals surface area contributed by atoms with E-state index in [0.29, 0.717) is 40.1 Å². The van der Waals surface area contributed by atoms with E-state index in [1.54, 1.807) is 23.8 Å². The molecule has 1 N–H and O–H groups in total. The van der Waals surface area contributed by atoms with Gasteiger partial charge < -0.3 is 14.8 Å². The third-order valence-electron chi connectivity index (χ3n) is 7.40. The smallest absolute Gasteiger partial charge is 0.240 e. The van der Waals surface area contributed by atoms with Crippen molar-refractivity contribution in [2.24, 2.45) is 0 Å². The predicted molar refractivity (Wildman–Crippen MR) is 173 cm³/mol. The van der Waals surface area contributed by atoms with Crippen LogP contribution in [-0.4, -0.2) is 54.7 Å². The van der Waals surface area contributed by atoms with Crippen molar-refractivity contribution in [1.82, 2.24) is 15.1 Å². The molecule has 0 saturated heterocycles. The number of anilines is 1. The minimum absolute atomic E-state index is 0.140. The van der Waals surface area contributed by atoms with E-state index in [4.69, 9.17) is 26.2 Å². The zero-order valence-corrected chi connectivity index (χ0v) is 26.5. The van der Waals surface area contributed by atoms with Crippen molar-refractivity contribution in [3.63, 3.8) is 0 Å². The van der Waals surface area contributed by atoms with E-state index in [-0.39, 0.29) is 29.4 Å². The molecule has 224 valence electrons. The Morgan fingerprint density at radius 3 is 2.44 bits per heavy atom. The van der Waals surface area contributed by atoms with Gasteiger partial charge in [0.1, 0.15) is 29.6 Å². The molecule has 2 amide bonds. The summed E-state index contributed by atoms with van der Waals surface area (Å²) in [6, 6.07) is 19.3. The van der Waals surface area contributed by atoms with Crippen LogP contribution in [0, 0.1) is 13.8 Å². The van der Waals surface area contributed by atoms with E-state index < -0.39 is 0 Å². The highest BCUT2D eigenvalue weighted by Gasteiger charge is 2.39. The van der Waals surface area contributed by atoms with Gasteiger partial charge in [0, 0.05) is 17.1 Å². The summed E-state index contributed by atoms with van der Waals surface area (Å²) in [5.74, 6) is 1.35. The van der Waals surface area contributed by atoms with Gasteiger partial charge >= 0.3 is 0 Å². The summed E-state index contributed by atoms with van der Waals surface area (Å²) in [5.41, 5.74) is 5.68. The number of carbonyl (C=O) groups excluding carboxylic acids is 2. The Hall–Kier alpha value is -3.95. The quantitative estimate of drug-likeness (QED) is 0.230. The lowest BCUT2D eigenvalue weighted by Gasteiger charge is -2.24. The molecule has 1 unspecified atom stereocenters. The molecule has 0 radical (unpaired) electrons. The van der Waals surface area contributed by atoms with Gasteiger partial charge in [-0.25, -0.2) is 4.68 Å². The fourth-order valence-electron chi connectivity index (χ4n) is 5.40. The van der Waals surface area contributed by atoms with Crippen molar-refractivity contribution in [1.29, 1.82) is 0 Å². The molecule has 1 atom stereocenters. The molecule has 0 aliphatic carbocycles. The van der Waals surface area contributed by atoms with Gasteiger partial charge in [0.15, 0.2) is 0 Å².